The van der Waals surface area contributed by atoms with Crippen LogP contribution >= 0.6 is 11.6 Å². The largest absolute Gasteiger partial charge is 0.493 e. The second-order valence-electron chi connectivity index (χ2n) is 7.74. The van der Waals surface area contributed by atoms with Gasteiger partial charge in [0.25, 0.3) is 0 Å². The monoisotopic (exact) mass is 407 g/mol. The summed E-state index contributed by atoms with van der Waals surface area (Å²) >= 11 is 5.89. The minimum atomic E-state index is -0.1000. The number of ether oxygens (including phenoxy) is 2. The van der Waals surface area contributed by atoms with Crippen LogP contribution in [0, 0.1) is 5.92 Å². The van der Waals surface area contributed by atoms with Crippen molar-refractivity contribution in [1.29, 1.82) is 0 Å². The average Bonchev–Trinajstić information content (AvgIpc) is 2.72. The van der Waals surface area contributed by atoms with E-state index >= 15 is 0 Å². The van der Waals surface area contributed by atoms with Crippen LogP contribution < -0.4 is 10.1 Å². The lowest BCUT2D eigenvalue weighted by atomic mass is 9.97. The van der Waals surface area contributed by atoms with Gasteiger partial charge in [0.15, 0.2) is 0 Å². The van der Waals surface area contributed by atoms with Crippen molar-refractivity contribution in [1.82, 2.24) is 15.1 Å². The molecule has 3 fully saturated rings. The van der Waals surface area contributed by atoms with Crippen molar-refractivity contribution in [3.8, 4) is 5.75 Å². The molecule has 0 saturated carbocycles. The van der Waals surface area contributed by atoms with Crippen molar-refractivity contribution in [3.63, 3.8) is 0 Å². The summed E-state index contributed by atoms with van der Waals surface area (Å²) in [4.78, 5) is 28.2. The minimum absolute atomic E-state index is 0.0255. The smallest absolute Gasteiger partial charge is 0.320 e. The van der Waals surface area contributed by atoms with E-state index in [2.05, 4.69) is 5.32 Å². The summed E-state index contributed by atoms with van der Waals surface area (Å²) in [5.41, 5.74) is 0. The zero-order chi connectivity index (χ0) is 19.5. The fourth-order valence-corrected chi connectivity index (χ4v) is 4.24. The fraction of sp³-hybridized carbons (Fsp3) is 0.600. The van der Waals surface area contributed by atoms with Crippen molar-refractivity contribution in [3.05, 3.63) is 29.3 Å². The summed E-state index contributed by atoms with van der Waals surface area (Å²) in [6.45, 7) is 3.45. The summed E-state index contributed by atoms with van der Waals surface area (Å²) in [5.74, 6) is 1.16. The Bertz CT molecular complexity index is 706. The van der Waals surface area contributed by atoms with Crippen LogP contribution in [0.2, 0.25) is 5.02 Å². The number of piperidine rings is 2. The van der Waals surface area contributed by atoms with E-state index in [4.69, 9.17) is 21.1 Å². The molecule has 1 aromatic rings. The molecule has 1 aromatic carbocycles. The van der Waals surface area contributed by atoms with E-state index in [9.17, 15) is 9.59 Å². The average molecular weight is 408 g/mol. The van der Waals surface area contributed by atoms with E-state index < -0.39 is 0 Å². The molecule has 0 radical (unpaired) electrons. The number of fused-ring (bicyclic) bond motifs is 1. The highest BCUT2D eigenvalue weighted by Crippen LogP contribution is 2.23. The number of nitrogens with one attached hydrogen (secondary N) is 1. The van der Waals surface area contributed by atoms with Gasteiger partial charge in [-0.3, -0.25) is 4.79 Å². The van der Waals surface area contributed by atoms with Crippen molar-refractivity contribution >= 4 is 23.5 Å². The van der Waals surface area contributed by atoms with Gasteiger partial charge in [-0.05, 0) is 49.4 Å². The molecule has 1 N–H and O–H groups in total. The number of rotatable bonds is 3. The number of hydrogen-bond acceptors (Lipinski definition) is 4. The van der Waals surface area contributed by atoms with Gasteiger partial charge in [-0.25, -0.2) is 4.79 Å². The first kappa shape index (κ1) is 19.3. The SMILES string of the molecule is O=C1COC2CCN(C(=O)N3CCC(COc4ccc(Cl)cc4)CC3)C[C@H]2N1. The van der Waals surface area contributed by atoms with Crippen LogP contribution in [0.15, 0.2) is 24.3 Å². The number of likely N-dealkylation sites (tertiary alicyclic amines) is 2. The lowest BCUT2D eigenvalue weighted by molar-refractivity contribution is -0.139. The molecule has 7 nitrogen and oxygen atoms in total. The summed E-state index contributed by atoms with van der Waals surface area (Å²) in [7, 11) is 0. The maximum Gasteiger partial charge on any atom is 0.320 e. The van der Waals surface area contributed by atoms with Crippen molar-refractivity contribution < 1.29 is 19.1 Å². The van der Waals surface area contributed by atoms with E-state index in [1.807, 2.05) is 34.1 Å². The van der Waals surface area contributed by atoms with E-state index in [-0.39, 0.29) is 30.7 Å². The Morgan fingerprint density at radius 2 is 1.86 bits per heavy atom. The second-order valence-corrected chi connectivity index (χ2v) is 8.17. The molecule has 3 aliphatic heterocycles. The van der Waals surface area contributed by atoms with E-state index in [1.165, 1.54) is 0 Å². The predicted octanol–water partition coefficient (Wildman–Crippen LogP) is 2.14. The highest BCUT2D eigenvalue weighted by Gasteiger charge is 2.37. The van der Waals surface area contributed by atoms with Gasteiger partial charge in [0.1, 0.15) is 12.4 Å². The van der Waals surface area contributed by atoms with Crippen LogP contribution in [-0.4, -0.2) is 73.3 Å². The Labute approximate surface area is 169 Å². The molecule has 8 heteroatoms. The second kappa shape index (κ2) is 8.57. The van der Waals surface area contributed by atoms with Gasteiger partial charge in [0, 0.05) is 31.2 Å². The number of carbonyl (C=O) groups is 2. The highest BCUT2D eigenvalue weighted by atomic mass is 35.5. The first-order valence-electron chi connectivity index (χ1n) is 9.91. The van der Waals surface area contributed by atoms with E-state index in [0.717, 1.165) is 38.1 Å². The lowest BCUT2D eigenvalue weighted by Gasteiger charge is -2.43. The Morgan fingerprint density at radius 3 is 2.61 bits per heavy atom. The van der Waals surface area contributed by atoms with Crippen LogP contribution in [0.4, 0.5) is 4.79 Å². The normalized spacial score (nSPS) is 25.8. The van der Waals surface area contributed by atoms with Crippen molar-refractivity contribution in [2.75, 3.05) is 39.4 Å². The molecule has 0 aromatic heterocycles. The number of halogens is 1. The standard InChI is InChI=1S/C20H26ClN3O4/c21-15-1-3-16(4-2-15)27-12-14-5-8-23(9-6-14)20(26)24-10-7-18-17(11-24)22-19(25)13-28-18/h1-4,14,17-18H,5-13H2,(H,22,25)/t17-,18?/m1/s1. The van der Waals surface area contributed by atoms with E-state index in [1.54, 1.807) is 0 Å². The quantitative estimate of drug-likeness (QED) is 0.833. The summed E-state index contributed by atoms with van der Waals surface area (Å²) < 4.78 is 11.4. The van der Waals surface area contributed by atoms with Gasteiger partial charge in [0.2, 0.25) is 5.91 Å². The minimum Gasteiger partial charge on any atom is -0.493 e. The Kier molecular flexibility index (Phi) is 5.92. The molecule has 3 saturated heterocycles. The number of benzene rings is 1. The van der Waals surface area contributed by atoms with E-state index in [0.29, 0.717) is 30.6 Å². The maximum atomic E-state index is 12.9. The lowest BCUT2D eigenvalue weighted by Crippen LogP contribution is -2.62. The molecular formula is C20H26ClN3O4. The highest BCUT2D eigenvalue weighted by molar-refractivity contribution is 6.30. The molecule has 0 bridgehead atoms. The van der Waals surface area contributed by atoms with Crippen LogP contribution in [-0.2, 0) is 9.53 Å². The topological polar surface area (TPSA) is 71.1 Å². The number of amides is 3. The number of nitrogens with zero attached hydrogens (tertiary/aromatic N) is 2. The molecular weight excluding hydrogens is 382 g/mol. The molecule has 3 amide bonds. The first-order valence-corrected chi connectivity index (χ1v) is 10.3. The number of hydrogen-bond donors (Lipinski definition) is 1. The molecule has 2 atom stereocenters. The van der Waals surface area contributed by atoms with Crippen molar-refractivity contribution in [2.24, 2.45) is 5.92 Å². The van der Waals surface area contributed by atoms with Crippen LogP contribution in [0.3, 0.4) is 0 Å². The van der Waals surface area contributed by atoms with Gasteiger partial charge in [-0.2, -0.15) is 0 Å². The summed E-state index contributed by atoms with van der Waals surface area (Å²) in [6, 6.07) is 7.36. The Morgan fingerprint density at radius 1 is 1.14 bits per heavy atom. The fourth-order valence-electron chi connectivity index (χ4n) is 4.11. The first-order chi connectivity index (χ1) is 13.6. The summed E-state index contributed by atoms with van der Waals surface area (Å²) in [5, 5.41) is 3.64. The van der Waals surface area contributed by atoms with Gasteiger partial charge in [-0.1, -0.05) is 11.6 Å². The molecule has 1 unspecified atom stereocenters. The third-order valence-corrected chi connectivity index (χ3v) is 6.03. The number of morpholine rings is 1. The van der Waals surface area contributed by atoms with Crippen LogP contribution in [0.1, 0.15) is 19.3 Å². The zero-order valence-electron chi connectivity index (χ0n) is 15.8. The number of urea groups is 1. The molecule has 152 valence electrons. The Hall–Kier alpha value is -1.99. The molecule has 0 aliphatic carbocycles. The van der Waals surface area contributed by atoms with Gasteiger partial charge in [0.05, 0.1) is 18.8 Å². The van der Waals surface area contributed by atoms with Crippen molar-refractivity contribution in [2.45, 2.75) is 31.4 Å². The Balaban J connectivity index is 1.22. The zero-order valence-corrected chi connectivity index (χ0v) is 16.6. The molecule has 28 heavy (non-hydrogen) atoms. The predicted molar refractivity (Wildman–Crippen MR) is 105 cm³/mol. The third-order valence-electron chi connectivity index (χ3n) is 5.78. The van der Waals surface area contributed by atoms with Gasteiger partial charge in [-0.15, -0.1) is 0 Å². The molecule has 3 aliphatic rings. The molecule has 0 spiro atoms. The third kappa shape index (κ3) is 4.52. The summed E-state index contributed by atoms with van der Waals surface area (Å²) in [6.07, 6.45) is 2.65. The molecule has 4 rings (SSSR count). The van der Waals surface area contributed by atoms with Gasteiger partial charge >= 0.3 is 6.03 Å². The van der Waals surface area contributed by atoms with Crippen LogP contribution in [0.25, 0.3) is 0 Å². The molecule has 3 heterocycles. The maximum absolute atomic E-state index is 12.9. The van der Waals surface area contributed by atoms with Gasteiger partial charge < -0.3 is 24.6 Å². The number of carbonyl (C=O) groups excluding carboxylic acids is 2. The van der Waals surface area contributed by atoms with Crippen LogP contribution in [0.5, 0.6) is 5.75 Å².